The molecule has 0 amide bonds. The molecule has 0 bridgehead atoms. The van der Waals surface area contributed by atoms with Gasteiger partial charge in [-0.1, -0.05) is 0 Å². The summed E-state index contributed by atoms with van der Waals surface area (Å²) in [5.74, 6) is 6.77. The number of nitrogens with two attached hydrogens (primary N) is 1. The van der Waals surface area contributed by atoms with Gasteiger partial charge in [0.1, 0.15) is 5.82 Å². The average Bonchev–Trinajstić information content (AvgIpc) is 2.64. The SMILES string of the molecule is CN(C)C(C)(C)C(CCc1nccn1C)NN. The zero-order chi connectivity index (χ0) is 13.1. The highest BCUT2D eigenvalue weighted by Crippen LogP contribution is 2.19. The van der Waals surface area contributed by atoms with E-state index in [1.165, 1.54) is 0 Å². The van der Waals surface area contributed by atoms with E-state index in [2.05, 4.69) is 47.8 Å². The second-order valence-electron chi connectivity index (χ2n) is 5.26. The first-order valence-electron chi connectivity index (χ1n) is 5.99. The highest BCUT2D eigenvalue weighted by atomic mass is 15.3. The Balaban J connectivity index is 2.62. The summed E-state index contributed by atoms with van der Waals surface area (Å²) in [6.45, 7) is 4.38. The molecule has 0 aromatic carbocycles. The highest BCUT2D eigenvalue weighted by Gasteiger charge is 2.30. The molecule has 0 spiro atoms. The number of hydrogen-bond donors (Lipinski definition) is 2. The van der Waals surface area contributed by atoms with Crippen molar-refractivity contribution in [2.24, 2.45) is 12.9 Å². The Kier molecular flexibility index (Phi) is 4.68. The molecule has 0 fully saturated rings. The molecule has 1 rings (SSSR count). The van der Waals surface area contributed by atoms with Gasteiger partial charge in [0, 0.05) is 37.4 Å². The lowest BCUT2D eigenvalue weighted by Gasteiger charge is -2.39. The average molecular weight is 239 g/mol. The third-order valence-corrected chi connectivity index (χ3v) is 3.78. The van der Waals surface area contributed by atoms with Gasteiger partial charge in [-0.05, 0) is 34.4 Å². The van der Waals surface area contributed by atoms with E-state index in [4.69, 9.17) is 5.84 Å². The molecular weight excluding hydrogens is 214 g/mol. The molecule has 0 saturated heterocycles. The quantitative estimate of drug-likeness (QED) is 0.561. The Labute approximate surface area is 104 Å². The molecule has 5 nitrogen and oxygen atoms in total. The summed E-state index contributed by atoms with van der Waals surface area (Å²) in [5.41, 5.74) is 2.94. The van der Waals surface area contributed by atoms with Gasteiger partial charge in [0.15, 0.2) is 0 Å². The maximum Gasteiger partial charge on any atom is 0.108 e. The molecule has 0 aliphatic carbocycles. The smallest absolute Gasteiger partial charge is 0.108 e. The molecule has 3 N–H and O–H groups in total. The monoisotopic (exact) mass is 239 g/mol. The Morgan fingerprint density at radius 1 is 1.53 bits per heavy atom. The minimum absolute atomic E-state index is 0.0138. The lowest BCUT2D eigenvalue weighted by molar-refractivity contribution is 0.132. The van der Waals surface area contributed by atoms with Gasteiger partial charge in [-0.25, -0.2) is 4.98 Å². The molecule has 0 radical (unpaired) electrons. The molecule has 17 heavy (non-hydrogen) atoms. The molecule has 0 saturated carbocycles. The predicted molar refractivity (Wildman–Crippen MR) is 70.4 cm³/mol. The fraction of sp³-hybridized carbons (Fsp3) is 0.750. The van der Waals surface area contributed by atoms with Gasteiger partial charge in [0.2, 0.25) is 0 Å². The fourth-order valence-corrected chi connectivity index (χ4v) is 1.86. The minimum atomic E-state index is 0.0138. The Bertz CT molecular complexity index is 342. The van der Waals surface area contributed by atoms with Crippen molar-refractivity contribution in [3.05, 3.63) is 18.2 Å². The van der Waals surface area contributed by atoms with Crippen molar-refractivity contribution in [1.82, 2.24) is 19.9 Å². The van der Waals surface area contributed by atoms with E-state index >= 15 is 0 Å². The molecule has 0 aliphatic rings. The maximum atomic E-state index is 5.67. The van der Waals surface area contributed by atoms with Gasteiger partial charge in [-0.2, -0.15) is 0 Å². The van der Waals surface area contributed by atoms with Crippen LogP contribution in [0.15, 0.2) is 12.4 Å². The van der Waals surface area contributed by atoms with Crippen LogP contribution in [0.4, 0.5) is 0 Å². The van der Waals surface area contributed by atoms with Gasteiger partial charge in [-0.15, -0.1) is 0 Å². The second-order valence-corrected chi connectivity index (χ2v) is 5.26. The van der Waals surface area contributed by atoms with Crippen LogP contribution in [0.25, 0.3) is 0 Å². The van der Waals surface area contributed by atoms with Crippen molar-refractivity contribution >= 4 is 0 Å². The Morgan fingerprint density at radius 3 is 2.59 bits per heavy atom. The normalized spacial score (nSPS) is 14.3. The number of nitrogens with zero attached hydrogens (tertiary/aromatic N) is 3. The molecule has 0 aliphatic heterocycles. The molecule has 5 heteroatoms. The van der Waals surface area contributed by atoms with Crippen LogP contribution in [0, 0.1) is 0 Å². The Morgan fingerprint density at radius 2 is 2.18 bits per heavy atom. The molecule has 1 aromatic heterocycles. The first-order valence-corrected chi connectivity index (χ1v) is 5.99. The number of aryl methyl sites for hydroxylation is 2. The van der Waals surface area contributed by atoms with Crippen molar-refractivity contribution in [1.29, 1.82) is 0 Å². The number of nitrogens with one attached hydrogen (secondary N) is 1. The number of imidazole rings is 1. The zero-order valence-electron chi connectivity index (χ0n) is 11.6. The van der Waals surface area contributed by atoms with Crippen LogP contribution in [0.1, 0.15) is 26.1 Å². The van der Waals surface area contributed by atoms with Crippen molar-refractivity contribution in [3.63, 3.8) is 0 Å². The van der Waals surface area contributed by atoms with Crippen LogP contribution in [0.2, 0.25) is 0 Å². The fourth-order valence-electron chi connectivity index (χ4n) is 1.86. The first kappa shape index (κ1) is 14.2. The van der Waals surface area contributed by atoms with Crippen LogP contribution in [0.5, 0.6) is 0 Å². The minimum Gasteiger partial charge on any atom is -0.338 e. The number of hydrogen-bond acceptors (Lipinski definition) is 4. The molecule has 1 unspecified atom stereocenters. The third-order valence-electron chi connectivity index (χ3n) is 3.78. The van der Waals surface area contributed by atoms with Gasteiger partial charge in [-0.3, -0.25) is 11.3 Å². The van der Waals surface area contributed by atoms with Crippen molar-refractivity contribution in [2.75, 3.05) is 14.1 Å². The summed E-state index contributed by atoms with van der Waals surface area (Å²) < 4.78 is 2.05. The van der Waals surface area contributed by atoms with Crippen LogP contribution in [0.3, 0.4) is 0 Å². The van der Waals surface area contributed by atoms with Crippen molar-refractivity contribution < 1.29 is 0 Å². The van der Waals surface area contributed by atoms with E-state index in [-0.39, 0.29) is 11.6 Å². The number of likely N-dealkylation sites (N-methyl/N-ethyl adjacent to an activating group) is 1. The number of aromatic nitrogens is 2. The van der Waals surface area contributed by atoms with Crippen LogP contribution in [-0.4, -0.2) is 40.1 Å². The first-order chi connectivity index (χ1) is 7.89. The Hall–Kier alpha value is -0.910. The number of rotatable bonds is 6. The van der Waals surface area contributed by atoms with Gasteiger partial charge < -0.3 is 9.47 Å². The van der Waals surface area contributed by atoms with Crippen LogP contribution in [-0.2, 0) is 13.5 Å². The summed E-state index contributed by atoms with van der Waals surface area (Å²) in [5, 5.41) is 0. The summed E-state index contributed by atoms with van der Waals surface area (Å²) in [6, 6.07) is 0.231. The zero-order valence-corrected chi connectivity index (χ0v) is 11.6. The summed E-state index contributed by atoms with van der Waals surface area (Å²) in [7, 11) is 6.17. The van der Waals surface area contributed by atoms with Crippen LogP contribution >= 0.6 is 0 Å². The van der Waals surface area contributed by atoms with Gasteiger partial charge in [0.25, 0.3) is 0 Å². The molecule has 1 atom stereocenters. The highest BCUT2D eigenvalue weighted by molar-refractivity contribution is 4.96. The standard InChI is InChI=1S/C12H25N5/c1-12(2,16(3)4)10(15-13)6-7-11-14-8-9-17(11)5/h8-10,15H,6-7,13H2,1-5H3. The molecule has 98 valence electrons. The van der Waals surface area contributed by atoms with E-state index in [0.717, 1.165) is 18.7 Å². The van der Waals surface area contributed by atoms with E-state index in [0.29, 0.717) is 0 Å². The second kappa shape index (κ2) is 5.62. The van der Waals surface area contributed by atoms with Crippen molar-refractivity contribution in [2.45, 2.75) is 38.3 Å². The number of hydrazine groups is 1. The van der Waals surface area contributed by atoms with Crippen molar-refractivity contribution in [3.8, 4) is 0 Å². The van der Waals surface area contributed by atoms with E-state index < -0.39 is 0 Å². The maximum absolute atomic E-state index is 5.67. The van der Waals surface area contributed by atoms with E-state index in [1.807, 2.05) is 19.4 Å². The largest absolute Gasteiger partial charge is 0.338 e. The third kappa shape index (κ3) is 3.28. The molecular formula is C12H25N5. The lowest BCUT2D eigenvalue weighted by Crippen LogP contribution is -2.57. The predicted octanol–water partition coefficient (Wildman–Crippen LogP) is 0.525. The summed E-state index contributed by atoms with van der Waals surface area (Å²) in [4.78, 5) is 6.52. The topological polar surface area (TPSA) is 59.1 Å². The van der Waals surface area contributed by atoms with E-state index in [1.54, 1.807) is 0 Å². The van der Waals surface area contributed by atoms with Gasteiger partial charge in [0.05, 0.1) is 0 Å². The molecule has 1 aromatic rings. The van der Waals surface area contributed by atoms with E-state index in [9.17, 15) is 0 Å². The summed E-state index contributed by atoms with van der Waals surface area (Å²) in [6.07, 6.45) is 5.69. The lowest BCUT2D eigenvalue weighted by atomic mass is 9.90. The van der Waals surface area contributed by atoms with Crippen LogP contribution < -0.4 is 11.3 Å². The van der Waals surface area contributed by atoms with Gasteiger partial charge >= 0.3 is 0 Å². The summed E-state index contributed by atoms with van der Waals surface area (Å²) >= 11 is 0. The molecule has 1 heterocycles.